The van der Waals surface area contributed by atoms with Crippen molar-refractivity contribution in [2.45, 2.75) is 38.4 Å². The molecule has 0 amide bonds. The van der Waals surface area contributed by atoms with E-state index in [2.05, 4.69) is 6.07 Å². The maximum absolute atomic E-state index is 9.29. The molecule has 4 nitrogen and oxygen atoms in total. The lowest BCUT2D eigenvalue weighted by Crippen LogP contribution is -2.12. The molecule has 0 radical (unpaired) electrons. The summed E-state index contributed by atoms with van der Waals surface area (Å²) in [6.45, 7) is 0.635. The summed E-state index contributed by atoms with van der Waals surface area (Å²) in [5, 5.41) is 9.29. The molecule has 0 N–H and O–H groups in total. The van der Waals surface area contributed by atoms with Gasteiger partial charge in [0, 0.05) is 6.07 Å². The lowest BCUT2D eigenvalue weighted by molar-refractivity contribution is 0.209. The number of hydrogen-bond acceptors (Lipinski definition) is 4. The van der Waals surface area contributed by atoms with E-state index in [1.807, 2.05) is 30.3 Å². The topological polar surface area (TPSA) is 51.5 Å². The minimum Gasteiger partial charge on any atom is -0.489 e. The summed E-state index contributed by atoms with van der Waals surface area (Å²) in [5.41, 5.74) is 2.94. The standard InChI is InChI=1S/C19H18BNO3/c21-11-13-5-6-17(10-19(13)24-15-3-1-2-4-15)23-16-7-8-18-14(9-16)12-22-20-18/h5-10,15,20H,1-4,12H2. The van der Waals surface area contributed by atoms with Gasteiger partial charge in [-0.2, -0.15) is 5.26 Å². The highest BCUT2D eigenvalue weighted by Gasteiger charge is 2.19. The van der Waals surface area contributed by atoms with Gasteiger partial charge >= 0.3 is 7.48 Å². The molecule has 5 heteroatoms. The number of hydrogen-bond donors (Lipinski definition) is 0. The third kappa shape index (κ3) is 3.11. The molecule has 4 rings (SSSR count). The summed E-state index contributed by atoms with van der Waals surface area (Å²) >= 11 is 0. The van der Waals surface area contributed by atoms with Gasteiger partial charge in [0.15, 0.2) is 0 Å². The molecule has 1 fully saturated rings. The smallest absolute Gasteiger partial charge is 0.309 e. The highest BCUT2D eigenvalue weighted by atomic mass is 16.5. The molecule has 1 aliphatic carbocycles. The van der Waals surface area contributed by atoms with Gasteiger partial charge in [0.2, 0.25) is 0 Å². The third-order valence-corrected chi connectivity index (χ3v) is 4.60. The predicted molar refractivity (Wildman–Crippen MR) is 92.1 cm³/mol. The number of rotatable bonds is 4. The zero-order chi connectivity index (χ0) is 16.4. The van der Waals surface area contributed by atoms with Gasteiger partial charge in [-0.3, -0.25) is 0 Å². The summed E-state index contributed by atoms with van der Waals surface area (Å²) in [6.07, 6.45) is 4.71. The van der Waals surface area contributed by atoms with Crippen LogP contribution in [0.25, 0.3) is 0 Å². The Morgan fingerprint density at radius 1 is 1.08 bits per heavy atom. The van der Waals surface area contributed by atoms with Crippen molar-refractivity contribution in [3.63, 3.8) is 0 Å². The highest BCUT2D eigenvalue weighted by molar-refractivity contribution is 6.48. The molecule has 2 aliphatic rings. The second-order valence-electron chi connectivity index (χ2n) is 6.32. The van der Waals surface area contributed by atoms with Crippen LogP contribution in [0.3, 0.4) is 0 Å². The summed E-state index contributed by atoms with van der Waals surface area (Å²) in [5.74, 6) is 2.07. The molecule has 0 aromatic heterocycles. The van der Waals surface area contributed by atoms with E-state index < -0.39 is 0 Å². The van der Waals surface area contributed by atoms with E-state index in [4.69, 9.17) is 14.1 Å². The van der Waals surface area contributed by atoms with Crippen molar-refractivity contribution >= 4 is 12.9 Å². The van der Waals surface area contributed by atoms with Crippen molar-refractivity contribution in [1.82, 2.24) is 0 Å². The summed E-state index contributed by atoms with van der Waals surface area (Å²) < 4.78 is 17.4. The number of fused-ring (bicyclic) bond motifs is 1. The molecule has 1 aliphatic heterocycles. The minimum absolute atomic E-state index is 0.212. The van der Waals surface area contributed by atoms with Crippen LogP contribution in [0.15, 0.2) is 36.4 Å². The molecule has 1 heterocycles. The Bertz CT molecular complexity index is 794. The van der Waals surface area contributed by atoms with E-state index in [0.717, 1.165) is 18.6 Å². The minimum atomic E-state index is 0.212. The molecular weight excluding hydrogens is 301 g/mol. The normalized spacial score (nSPS) is 16.3. The first-order valence-corrected chi connectivity index (χ1v) is 8.40. The van der Waals surface area contributed by atoms with E-state index in [0.29, 0.717) is 31.2 Å². The van der Waals surface area contributed by atoms with Crippen LogP contribution >= 0.6 is 0 Å². The molecular formula is C19H18BNO3. The SMILES string of the molecule is N#Cc1ccc(Oc2ccc3c(c2)COB3)cc1OC1CCCC1. The molecule has 120 valence electrons. The van der Waals surface area contributed by atoms with Gasteiger partial charge in [0.25, 0.3) is 0 Å². The maximum atomic E-state index is 9.29. The van der Waals surface area contributed by atoms with Crippen LogP contribution in [0.4, 0.5) is 0 Å². The molecule has 0 spiro atoms. The summed E-state index contributed by atoms with van der Waals surface area (Å²) in [6, 6.07) is 13.6. The maximum Gasteiger partial charge on any atom is 0.309 e. The number of ether oxygens (including phenoxy) is 2. The van der Waals surface area contributed by atoms with Crippen molar-refractivity contribution in [3.8, 4) is 23.3 Å². The van der Waals surface area contributed by atoms with Crippen LogP contribution in [0.5, 0.6) is 17.2 Å². The zero-order valence-electron chi connectivity index (χ0n) is 13.5. The first-order chi connectivity index (χ1) is 11.8. The second kappa shape index (κ2) is 6.58. The average molecular weight is 319 g/mol. The van der Waals surface area contributed by atoms with Gasteiger partial charge < -0.3 is 14.1 Å². The van der Waals surface area contributed by atoms with Crippen molar-refractivity contribution in [2.24, 2.45) is 0 Å². The zero-order valence-corrected chi connectivity index (χ0v) is 13.5. The number of benzene rings is 2. The lowest BCUT2D eigenvalue weighted by Gasteiger charge is -2.15. The Labute approximate surface area is 142 Å². The van der Waals surface area contributed by atoms with E-state index in [1.54, 1.807) is 6.07 Å². The van der Waals surface area contributed by atoms with Gasteiger partial charge in [0.05, 0.1) is 18.3 Å². The van der Waals surface area contributed by atoms with Gasteiger partial charge in [0.1, 0.15) is 23.3 Å². The number of nitriles is 1. The van der Waals surface area contributed by atoms with Crippen molar-refractivity contribution in [1.29, 1.82) is 5.26 Å². The second-order valence-corrected chi connectivity index (χ2v) is 6.32. The average Bonchev–Trinajstić information content (AvgIpc) is 3.26. The Morgan fingerprint density at radius 2 is 1.88 bits per heavy atom. The first kappa shape index (κ1) is 15.1. The van der Waals surface area contributed by atoms with Crippen LogP contribution in [-0.2, 0) is 11.3 Å². The van der Waals surface area contributed by atoms with Crippen LogP contribution in [0.1, 0.15) is 36.8 Å². The Balaban J connectivity index is 1.55. The molecule has 0 atom stereocenters. The molecule has 2 aromatic rings. The molecule has 24 heavy (non-hydrogen) atoms. The van der Waals surface area contributed by atoms with E-state index in [1.165, 1.54) is 23.9 Å². The fourth-order valence-electron chi connectivity index (χ4n) is 3.29. The first-order valence-electron chi connectivity index (χ1n) is 8.40. The van der Waals surface area contributed by atoms with Gasteiger partial charge in [-0.15, -0.1) is 0 Å². The Kier molecular flexibility index (Phi) is 4.14. The Hall–Kier alpha value is -2.45. The highest BCUT2D eigenvalue weighted by Crippen LogP contribution is 2.32. The van der Waals surface area contributed by atoms with Crippen molar-refractivity contribution in [3.05, 3.63) is 47.5 Å². The van der Waals surface area contributed by atoms with Crippen molar-refractivity contribution in [2.75, 3.05) is 0 Å². The molecule has 1 saturated carbocycles. The van der Waals surface area contributed by atoms with E-state index in [9.17, 15) is 5.26 Å². The number of nitrogens with zero attached hydrogens (tertiary/aromatic N) is 1. The van der Waals surface area contributed by atoms with E-state index in [-0.39, 0.29) is 6.10 Å². The van der Waals surface area contributed by atoms with Crippen LogP contribution in [-0.4, -0.2) is 13.6 Å². The predicted octanol–water partition coefficient (Wildman–Crippen LogP) is 3.18. The summed E-state index contributed by atoms with van der Waals surface area (Å²) in [4.78, 5) is 0. The summed E-state index contributed by atoms with van der Waals surface area (Å²) in [7, 11) is 0.672. The van der Waals surface area contributed by atoms with Gasteiger partial charge in [-0.1, -0.05) is 6.07 Å². The molecule has 2 aromatic carbocycles. The fraction of sp³-hybridized carbons (Fsp3) is 0.316. The molecule has 0 unspecified atom stereocenters. The van der Waals surface area contributed by atoms with Crippen molar-refractivity contribution < 1.29 is 14.1 Å². The Morgan fingerprint density at radius 3 is 2.71 bits per heavy atom. The van der Waals surface area contributed by atoms with Crippen LogP contribution in [0, 0.1) is 11.3 Å². The monoisotopic (exact) mass is 319 g/mol. The van der Waals surface area contributed by atoms with Crippen LogP contribution < -0.4 is 14.9 Å². The third-order valence-electron chi connectivity index (χ3n) is 4.60. The largest absolute Gasteiger partial charge is 0.489 e. The fourth-order valence-corrected chi connectivity index (χ4v) is 3.29. The quantitative estimate of drug-likeness (QED) is 0.812. The van der Waals surface area contributed by atoms with Gasteiger partial charge in [-0.05, 0) is 61.0 Å². The van der Waals surface area contributed by atoms with Gasteiger partial charge in [-0.25, -0.2) is 0 Å². The molecule has 0 bridgehead atoms. The molecule has 0 saturated heterocycles. The lowest BCUT2D eigenvalue weighted by atomic mass is 9.87. The van der Waals surface area contributed by atoms with E-state index >= 15 is 0 Å². The van der Waals surface area contributed by atoms with Crippen LogP contribution in [0.2, 0.25) is 0 Å².